The lowest BCUT2D eigenvalue weighted by molar-refractivity contribution is 0.0981. The van der Waals surface area contributed by atoms with Gasteiger partial charge >= 0.3 is 0 Å². The van der Waals surface area contributed by atoms with Crippen LogP contribution in [0.5, 0.6) is 0 Å². The number of morpholine rings is 1. The highest BCUT2D eigenvalue weighted by Crippen LogP contribution is 2.19. The summed E-state index contributed by atoms with van der Waals surface area (Å²) in [6.07, 6.45) is 1.17. The van der Waals surface area contributed by atoms with Crippen molar-refractivity contribution in [1.82, 2.24) is 9.71 Å². The first-order valence-corrected chi connectivity index (χ1v) is 9.54. The van der Waals surface area contributed by atoms with E-state index in [-0.39, 0.29) is 15.5 Å². The molecule has 1 amide bonds. The van der Waals surface area contributed by atoms with Gasteiger partial charge in [-0.15, -0.1) is 0 Å². The van der Waals surface area contributed by atoms with E-state index in [1.165, 1.54) is 12.3 Å². The lowest BCUT2D eigenvalue weighted by atomic mass is 10.2. The molecule has 7 nitrogen and oxygen atoms in total. The van der Waals surface area contributed by atoms with Crippen molar-refractivity contribution in [3.8, 4) is 0 Å². The number of carbonyl (C=O) groups is 1. The van der Waals surface area contributed by atoms with Crippen LogP contribution in [0.3, 0.4) is 0 Å². The smallest absolute Gasteiger partial charge is 0.266 e. The molecule has 2 aromatic rings. The molecule has 0 unspecified atom stereocenters. The molecule has 1 fully saturated rings. The summed E-state index contributed by atoms with van der Waals surface area (Å²) in [5.41, 5.74) is -0.144. The Labute approximate surface area is 154 Å². The van der Waals surface area contributed by atoms with Crippen LogP contribution >= 0.6 is 11.6 Å². The first-order valence-electron chi connectivity index (χ1n) is 7.68. The van der Waals surface area contributed by atoms with E-state index < -0.39 is 21.7 Å². The number of nitrogens with one attached hydrogen (secondary N) is 1. The largest absolute Gasteiger partial charge is 0.378 e. The molecule has 0 bridgehead atoms. The van der Waals surface area contributed by atoms with Gasteiger partial charge in [0.1, 0.15) is 16.5 Å². The number of hydrogen-bond acceptors (Lipinski definition) is 6. The van der Waals surface area contributed by atoms with Crippen LogP contribution in [0, 0.1) is 5.82 Å². The Balaban J connectivity index is 1.76. The van der Waals surface area contributed by atoms with Gasteiger partial charge in [0.15, 0.2) is 0 Å². The van der Waals surface area contributed by atoms with Gasteiger partial charge in [0.05, 0.1) is 23.8 Å². The van der Waals surface area contributed by atoms with E-state index in [2.05, 4.69) is 4.98 Å². The van der Waals surface area contributed by atoms with Crippen molar-refractivity contribution in [2.45, 2.75) is 4.90 Å². The van der Waals surface area contributed by atoms with E-state index in [0.717, 1.165) is 18.2 Å². The van der Waals surface area contributed by atoms with E-state index in [4.69, 9.17) is 16.3 Å². The minimum Gasteiger partial charge on any atom is -0.378 e. The Hall–Kier alpha value is -2.23. The van der Waals surface area contributed by atoms with Crippen molar-refractivity contribution in [3.05, 3.63) is 52.9 Å². The number of sulfonamides is 1. The normalized spacial score (nSPS) is 14.9. The third kappa shape index (κ3) is 4.12. The van der Waals surface area contributed by atoms with Crippen molar-refractivity contribution in [1.29, 1.82) is 0 Å². The molecule has 3 rings (SSSR count). The summed E-state index contributed by atoms with van der Waals surface area (Å²) in [5, 5.41) is -0.182. The third-order valence-electron chi connectivity index (χ3n) is 3.77. The van der Waals surface area contributed by atoms with Gasteiger partial charge in [0, 0.05) is 19.3 Å². The van der Waals surface area contributed by atoms with Gasteiger partial charge in [-0.05, 0) is 30.3 Å². The molecule has 10 heteroatoms. The fourth-order valence-electron chi connectivity index (χ4n) is 2.42. The molecule has 1 aromatic carbocycles. The minimum atomic E-state index is -4.14. The second kappa shape index (κ2) is 7.56. The van der Waals surface area contributed by atoms with E-state index in [0.29, 0.717) is 32.1 Å². The molecule has 0 radical (unpaired) electrons. The highest BCUT2D eigenvalue weighted by atomic mass is 35.5. The SMILES string of the molecule is O=C(NS(=O)(=O)c1ccc(N2CCOCC2)nc1)c1ccc(F)cc1Cl. The van der Waals surface area contributed by atoms with Crippen LogP contribution in [0.1, 0.15) is 10.4 Å². The molecule has 26 heavy (non-hydrogen) atoms. The zero-order chi connectivity index (χ0) is 18.7. The predicted molar refractivity (Wildman–Crippen MR) is 93.3 cm³/mol. The number of aromatic nitrogens is 1. The lowest BCUT2D eigenvalue weighted by Crippen LogP contribution is -2.36. The van der Waals surface area contributed by atoms with Crippen LogP contribution in [0.4, 0.5) is 10.2 Å². The number of nitrogens with zero attached hydrogens (tertiary/aromatic N) is 2. The molecule has 1 aliphatic heterocycles. The standard InChI is InChI=1S/C16H15ClFN3O4S/c17-14-9-11(18)1-3-13(14)16(22)20-26(23,24)12-2-4-15(19-10-12)21-5-7-25-8-6-21/h1-4,9-10H,5-8H2,(H,20,22). The molecule has 0 aliphatic carbocycles. The van der Waals surface area contributed by atoms with Gasteiger partial charge in [-0.2, -0.15) is 0 Å². The summed E-state index contributed by atoms with van der Waals surface area (Å²) in [4.78, 5) is 18.1. The number of hydrogen-bond donors (Lipinski definition) is 1. The summed E-state index contributed by atoms with van der Waals surface area (Å²) in [7, 11) is -4.14. The van der Waals surface area contributed by atoms with Gasteiger partial charge < -0.3 is 9.64 Å². The molecular weight excluding hydrogens is 385 g/mol. The summed E-state index contributed by atoms with van der Waals surface area (Å²) in [6, 6.07) is 5.99. The maximum atomic E-state index is 13.1. The zero-order valence-corrected chi connectivity index (χ0v) is 15.1. The van der Waals surface area contributed by atoms with Crippen molar-refractivity contribution in [2.75, 3.05) is 31.2 Å². The monoisotopic (exact) mass is 399 g/mol. The number of rotatable bonds is 4. The molecule has 1 aromatic heterocycles. The van der Waals surface area contributed by atoms with E-state index >= 15 is 0 Å². The summed E-state index contributed by atoms with van der Waals surface area (Å²) in [6.45, 7) is 2.49. The topological polar surface area (TPSA) is 88.6 Å². The number of anilines is 1. The van der Waals surface area contributed by atoms with Crippen LogP contribution in [0.2, 0.25) is 5.02 Å². The highest BCUT2D eigenvalue weighted by molar-refractivity contribution is 7.90. The average molecular weight is 400 g/mol. The maximum Gasteiger partial charge on any atom is 0.266 e. The predicted octanol–water partition coefficient (Wildman–Crippen LogP) is 1.83. The van der Waals surface area contributed by atoms with Gasteiger partial charge in [-0.25, -0.2) is 22.5 Å². The van der Waals surface area contributed by atoms with Crippen LogP contribution < -0.4 is 9.62 Å². The first-order chi connectivity index (χ1) is 12.4. The van der Waals surface area contributed by atoms with E-state index in [1.54, 1.807) is 6.07 Å². The van der Waals surface area contributed by atoms with Gasteiger partial charge in [-0.1, -0.05) is 11.6 Å². The zero-order valence-electron chi connectivity index (χ0n) is 13.5. The Morgan fingerprint density at radius 3 is 2.58 bits per heavy atom. The summed E-state index contributed by atoms with van der Waals surface area (Å²) in [5.74, 6) is -0.954. The maximum absolute atomic E-state index is 13.1. The Morgan fingerprint density at radius 2 is 1.96 bits per heavy atom. The van der Waals surface area contributed by atoms with Crippen molar-refractivity contribution >= 4 is 33.3 Å². The molecule has 0 saturated carbocycles. The Morgan fingerprint density at radius 1 is 1.23 bits per heavy atom. The molecule has 1 N–H and O–H groups in total. The average Bonchev–Trinajstić information content (AvgIpc) is 2.62. The minimum absolute atomic E-state index is 0.144. The molecule has 1 saturated heterocycles. The Kier molecular flexibility index (Phi) is 5.40. The number of carbonyl (C=O) groups excluding carboxylic acids is 1. The number of benzene rings is 1. The van der Waals surface area contributed by atoms with Crippen molar-refractivity contribution in [2.24, 2.45) is 0 Å². The number of ether oxygens (including phenoxy) is 1. The van der Waals surface area contributed by atoms with E-state index in [1.807, 2.05) is 9.62 Å². The highest BCUT2D eigenvalue weighted by Gasteiger charge is 2.22. The number of halogens is 2. The van der Waals surface area contributed by atoms with Gasteiger partial charge in [-0.3, -0.25) is 4.79 Å². The summed E-state index contributed by atoms with van der Waals surface area (Å²) >= 11 is 5.78. The van der Waals surface area contributed by atoms with Gasteiger partial charge in [0.25, 0.3) is 15.9 Å². The summed E-state index contributed by atoms with van der Waals surface area (Å²) < 4.78 is 44.9. The second-order valence-corrected chi connectivity index (χ2v) is 7.60. The molecule has 2 heterocycles. The lowest BCUT2D eigenvalue weighted by Gasteiger charge is -2.27. The fraction of sp³-hybridized carbons (Fsp3) is 0.250. The molecule has 0 spiro atoms. The van der Waals surface area contributed by atoms with Crippen molar-refractivity contribution in [3.63, 3.8) is 0 Å². The molecule has 0 atom stereocenters. The van der Waals surface area contributed by atoms with E-state index in [9.17, 15) is 17.6 Å². The van der Waals surface area contributed by atoms with Gasteiger partial charge in [0.2, 0.25) is 0 Å². The molecular formula is C16H15ClFN3O4S. The number of amides is 1. The molecule has 138 valence electrons. The van der Waals surface area contributed by atoms with Crippen LogP contribution in [-0.2, 0) is 14.8 Å². The fourth-order valence-corrected chi connectivity index (χ4v) is 3.58. The van der Waals surface area contributed by atoms with Crippen LogP contribution in [-0.4, -0.2) is 45.6 Å². The number of pyridine rings is 1. The molecule has 1 aliphatic rings. The second-order valence-electron chi connectivity index (χ2n) is 5.51. The first kappa shape index (κ1) is 18.6. The Bertz CT molecular complexity index is 916. The van der Waals surface area contributed by atoms with Crippen molar-refractivity contribution < 1.29 is 22.3 Å². The van der Waals surface area contributed by atoms with Crippen LogP contribution in [0.25, 0.3) is 0 Å². The van der Waals surface area contributed by atoms with Crippen LogP contribution in [0.15, 0.2) is 41.4 Å². The third-order valence-corrected chi connectivity index (χ3v) is 5.40. The quantitative estimate of drug-likeness (QED) is 0.843.